The van der Waals surface area contributed by atoms with Gasteiger partial charge in [-0.25, -0.2) is 0 Å². The molecule has 0 unspecified atom stereocenters. The molecular weight excluding hydrogens is 152 g/mol. The summed E-state index contributed by atoms with van der Waals surface area (Å²) in [7, 11) is 0. The molecule has 2 heteroatoms. The molecule has 74 valence electrons. The zero-order valence-electron chi connectivity index (χ0n) is 8.60. The van der Waals surface area contributed by atoms with Crippen molar-refractivity contribution in [3.63, 3.8) is 0 Å². The fraction of sp³-hybridized carbons (Fsp3) is 1.00. The maximum absolute atomic E-state index is 10.0. The summed E-state index contributed by atoms with van der Waals surface area (Å²) in [5, 5.41) is 10.0. The Morgan fingerprint density at radius 3 is 1.92 bits per heavy atom. The average Bonchev–Trinajstić information content (AvgIpc) is 2.02. The summed E-state index contributed by atoms with van der Waals surface area (Å²) in [6.07, 6.45) is 3.73. The van der Waals surface area contributed by atoms with E-state index in [1.807, 2.05) is 6.92 Å². The SMILES string of the molecule is CCCC(O)(CCC)COCC. The van der Waals surface area contributed by atoms with Gasteiger partial charge in [-0.05, 0) is 19.8 Å². The van der Waals surface area contributed by atoms with Gasteiger partial charge >= 0.3 is 0 Å². The van der Waals surface area contributed by atoms with Gasteiger partial charge in [-0.15, -0.1) is 0 Å². The van der Waals surface area contributed by atoms with Crippen molar-refractivity contribution in [2.24, 2.45) is 0 Å². The summed E-state index contributed by atoms with van der Waals surface area (Å²) in [6, 6.07) is 0. The van der Waals surface area contributed by atoms with Gasteiger partial charge in [-0.1, -0.05) is 26.7 Å². The van der Waals surface area contributed by atoms with Crippen molar-refractivity contribution in [3.05, 3.63) is 0 Å². The van der Waals surface area contributed by atoms with E-state index >= 15 is 0 Å². The Morgan fingerprint density at radius 1 is 1.08 bits per heavy atom. The zero-order chi connectivity index (χ0) is 9.45. The predicted molar refractivity (Wildman–Crippen MR) is 51.3 cm³/mol. The molecule has 0 fully saturated rings. The first-order valence-electron chi connectivity index (χ1n) is 4.98. The van der Waals surface area contributed by atoms with Crippen LogP contribution in [-0.4, -0.2) is 23.9 Å². The smallest absolute Gasteiger partial charge is 0.0880 e. The predicted octanol–water partition coefficient (Wildman–Crippen LogP) is 2.35. The van der Waals surface area contributed by atoms with E-state index < -0.39 is 5.60 Å². The minimum Gasteiger partial charge on any atom is -0.387 e. The third-order valence-corrected chi connectivity index (χ3v) is 2.01. The molecule has 0 aliphatic heterocycles. The van der Waals surface area contributed by atoms with Gasteiger partial charge in [0.25, 0.3) is 0 Å². The lowest BCUT2D eigenvalue weighted by atomic mass is 9.94. The molecule has 0 aliphatic carbocycles. The van der Waals surface area contributed by atoms with E-state index in [1.54, 1.807) is 0 Å². The fourth-order valence-electron chi connectivity index (χ4n) is 1.49. The lowest BCUT2D eigenvalue weighted by Gasteiger charge is -2.26. The Hall–Kier alpha value is -0.0800. The molecule has 0 aliphatic rings. The minimum atomic E-state index is -0.570. The molecule has 0 rings (SSSR count). The van der Waals surface area contributed by atoms with Gasteiger partial charge in [0.05, 0.1) is 12.2 Å². The van der Waals surface area contributed by atoms with Crippen LogP contribution in [0.25, 0.3) is 0 Å². The van der Waals surface area contributed by atoms with Crippen LogP contribution in [0.5, 0.6) is 0 Å². The van der Waals surface area contributed by atoms with E-state index in [0.29, 0.717) is 13.2 Å². The van der Waals surface area contributed by atoms with Crippen molar-refractivity contribution in [2.75, 3.05) is 13.2 Å². The topological polar surface area (TPSA) is 29.5 Å². The maximum atomic E-state index is 10.0. The molecule has 0 radical (unpaired) electrons. The van der Waals surface area contributed by atoms with Crippen LogP contribution in [0.4, 0.5) is 0 Å². The minimum absolute atomic E-state index is 0.491. The lowest BCUT2D eigenvalue weighted by Crippen LogP contribution is -2.34. The number of ether oxygens (including phenoxy) is 1. The van der Waals surface area contributed by atoms with E-state index in [-0.39, 0.29) is 0 Å². The van der Waals surface area contributed by atoms with Crippen LogP contribution in [0, 0.1) is 0 Å². The highest BCUT2D eigenvalue weighted by molar-refractivity contribution is 4.76. The van der Waals surface area contributed by atoms with Crippen LogP contribution in [-0.2, 0) is 4.74 Å². The van der Waals surface area contributed by atoms with Crippen molar-refractivity contribution in [1.29, 1.82) is 0 Å². The molecule has 0 amide bonds. The van der Waals surface area contributed by atoms with Crippen LogP contribution in [0.15, 0.2) is 0 Å². The van der Waals surface area contributed by atoms with Crippen LogP contribution in [0.1, 0.15) is 46.5 Å². The van der Waals surface area contributed by atoms with Gasteiger partial charge in [0.1, 0.15) is 0 Å². The highest BCUT2D eigenvalue weighted by atomic mass is 16.5. The number of rotatable bonds is 7. The van der Waals surface area contributed by atoms with Gasteiger partial charge in [0.2, 0.25) is 0 Å². The molecular formula is C10H22O2. The third kappa shape index (κ3) is 4.73. The molecule has 0 spiro atoms. The van der Waals surface area contributed by atoms with Crippen molar-refractivity contribution in [2.45, 2.75) is 52.1 Å². The third-order valence-electron chi connectivity index (χ3n) is 2.01. The Morgan fingerprint density at radius 2 is 1.58 bits per heavy atom. The molecule has 0 aromatic carbocycles. The molecule has 0 bridgehead atoms. The number of hydrogen-bond acceptors (Lipinski definition) is 2. The van der Waals surface area contributed by atoms with Crippen molar-refractivity contribution >= 4 is 0 Å². The summed E-state index contributed by atoms with van der Waals surface area (Å²) < 4.78 is 5.25. The van der Waals surface area contributed by atoms with E-state index in [4.69, 9.17) is 4.74 Å². The molecule has 12 heavy (non-hydrogen) atoms. The Bertz CT molecular complexity index is 96.0. The molecule has 2 nitrogen and oxygen atoms in total. The lowest BCUT2D eigenvalue weighted by molar-refractivity contribution is -0.0550. The van der Waals surface area contributed by atoms with Crippen LogP contribution >= 0.6 is 0 Å². The molecule has 0 atom stereocenters. The van der Waals surface area contributed by atoms with Crippen LogP contribution in [0.2, 0.25) is 0 Å². The summed E-state index contributed by atoms with van der Waals surface area (Å²) in [6.45, 7) is 7.32. The first-order valence-corrected chi connectivity index (χ1v) is 4.98. The summed E-state index contributed by atoms with van der Waals surface area (Å²) in [5.41, 5.74) is -0.570. The van der Waals surface area contributed by atoms with Crippen LogP contribution < -0.4 is 0 Å². The summed E-state index contributed by atoms with van der Waals surface area (Å²) in [4.78, 5) is 0. The second kappa shape index (κ2) is 6.44. The molecule has 0 saturated heterocycles. The van der Waals surface area contributed by atoms with E-state index in [9.17, 15) is 5.11 Å². The zero-order valence-corrected chi connectivity index (χ0v) is 8.60. The number of hydrogen-bond donors (Lipinski definition) is 1. The first kappa shape index (κ1) is 11.9. The van der Waals surface area contributed by atoms with Crippen LogP contribution in [0.3, 0.4) is 0 Å². The molecule has 0 heterocycles. The largest absolute Gasteiger partial charge is 0.387 e. The molecule has 0 aromatic heterocycles. The fourth-order valence-corrected chi connectivity index (χ4v) is 1.49. The highest BCUT2D eigenvalue weighted by Gasteiger charge is 2.24. The monoisotopic (exact) mass is 174 g/mol. The quantitative estimate of drug-likeness (QED) is 0.642. The Kier molecular flexibility index (Phi) is 6.39. The van der Waals surface area contributed by atoms with Gasteiger partial charge in [-0.3, -0.25) is 0 Å². The summed E-state index contributed by atoms with van der Waals surface area (Å²) >= 11 is 0. The maximum Gasteiger partial charge on any atom is 0.0880 e. The second-order valence-corrected chi connectivity index (χ2v) is 3.36. The normalized spacial score (nSPS) is 12.0. The standard InChI is InChI=1S/C10H22O2/c1-4-7-10(11,8-5-2)9-12-6-3/h11H,4-9H2,1-3H3. The van der Waals surface area contributed by atoms with Gasteiger partial charge in [-0.2, -0.15) is 0 Å². The van der Waals surface area contributed by atoms with Gasteiger partial charge < -0.3 is 9.84 Å². The Labute approximate surface area is 75.9 Å². The Balaban J connectivity index is 3.80. The van der Waals surface area contributed by atoms with Gasteiger partial charge in [0, 0.05) is 6.61 Å². The van der Waals surface area contributed by atoms with Crippen molar-refractivity contribution in [1.82, 2.24) is 0 Å². The van der Waals surface area contributed by atoms with Crippen molar-refractivity contribution < 1.29 is 9.84 Å². The van der Waals surface area contributed by atoms with E-state index in [1.165, 1.54) is 0 Å². The molecule has 0 aromatic rings. The number of aliphatic hydroxyl groups is 1. The molecule has 1 N–H and O–H groups in total. The van der Waals surface area contributed by atoms with E-state index in [0.717, 1.165) is 25.7 Å². The first-order chi connectivity index (χ1) is 5.68. The average molecular weight is 174 g/mol. The van der Waals surface area contributed by atoms with E-state index in [2.05, 4.69) is 13.8 Å². The van der Waals surface area contributed by atoms with Gasteiger partial charge in [0.15, 0.2) is 0 Å². The molecule has 0 saturated carbocycles. The second-order valence-electron chi connectivity index (χ2n) is 3.36. The highest BCUT2D eigenvalue weighted by Crippen LogP contribution is 2.19. The van der Waals surface area contributed by atoms with Crippen molar-refractivity contribution in [3.8, 4) is 0 Å². The summed E-state index contributed by atoms with van der Waals surface area (Å²) in [5.74, 6) is 0.